The number of rotatable bonds is 2. The summed E-state index contributed by atoms with van der Waals surface area (Å²) in [5.41, 5.74) is 0. The Hall–Kier alpha value is -1.33. The van der Waals surface area contributed by atoms with E-state index in [4.69, 9.17) is 14.3 Å². The van der Waals surface area contributed by atoms with E-state index in [0.717, 1.165) is 0 Å². The zero-order valence-electron chi connectivity index (χ0n) is 10.0. The average Bonchev–Trinajstić information content (AvgIpc) is 2.74. The van der Waals surface area contributed by atoms with E-state index in [1.54, 1.807) is 24.0 Å². The summed E-state index contributed by atoms with van der Waals surface area (Å²) in [4.78, 5) is 13.8. The van der Waals surface area contributed by atoms with E-state index in [9.17, 15) is 4.79 Å². The van der Waals surface area contributed by atoms with Gasteiger partial charge in [-0.1, -0.05) is 0 Å². The first-order chi connectivity index (χ1) is 8.10. The first kappa shape index (κ1) is 12.1. The maximum atomic E-state index is 12.1. The Morgan fingerprint density at radius 1 is 1.53 bits per heavy atom. The summed E-state index contributed by atoms with van der Waals surface area (Å²) >= 11 is 0. The molecule has 1 amide bonds. The van der Waals surface area contributed by atoms with Crippen LogP contribution in [-0.2, 0) is 4.74 Å². The fourth-order valence-electron chi connectivity index (χ4n) is 2.02. The quantitative estimate of drug-likeness (QED) is 0.829. The smallest absolute Gasteiger partial charge is 0.289 e. The van der Waals surface area contributed by atoms with Crippen LogP contribution in [0, 0.1) is 6.92 Å². The molecule has 1 aromatic rings. The Labute approximate surface area is 100.0 Å². The van der Waals surface area contributed by atoms with Gasteiger partial charge >= 0.3 is 0 Å². The normalized spacial score (nSPS) is 25.0. The monoisotopic (exact) mass is 239 g/mol. The minimum Gasteiger partial charge on any atom is -0.456 e. The largest absolute Gasteiger partial charge is 0.456 e. The van der Waals surface area contributed by atoms with E-state index in [2.05, 4.69) is 0 Å². The zero-order valence-corrected chi connectivity index (χ0v) is 10.0. The highest BCUT2D eigenvalue weighted by atomic mass is 16.5. The average molecular weight is 239 g/mol. The number of hydrogen-bond donors (Lipinski definition) is 1. The predicted molar refractivity (Wildman–Crippen MR) is 60.8 cm³/mol. The van der Waals surface area contributed by atoms with Gasteiger partial charge in [0.25, 0.3) is 5.91 Å². The Morgan fingerprint density at radius 3 is 2.88 bits per heavy atom. The molecule has 17 heavy (non-hydrogen) atoms. The van der Waals surface area contributed by atoms with E-state index in [0.29, 0.717) is 24.6 Å². The van der Waals surface area contributed by atoms with Crippen LogP contribution in [0.1, 0.15) is 23.2 Å². The van der Waals surface area contributed by atoms with Crippen molar-refractivity contribution in [2.45, 2.75) is 26.1 Å². The molecule has 0 radical (unpaired) electrons. The number of carbonyl (C=O) groups excluding carboxylic acids is 1. The number of aryl methyl sites for hydroxylation is 1. The van der Waals surface area contributed by atoms with Gasteiger partial charge in [0.05, 0.1) is 18.8 Å². The van der Waals surface area contributed by atoms with Gasteiger partial charge in [-0.15, -0.1) is 0 Å². The Bertz CT molecular complexity index is 401. The van der Waals surface area contributed by atoms with Crippen LogP contribution in [-0.4, -0.2) is 47.8 Å². The second-order valence-electron chi connectivity index (χ2n) is 4.37. The zero-order chi connectivity index (χ0) is 12.4. The number of amides is 1. The molecule has 1 N–H and O–H groups in total. The second-order valence-corrected chi connectivity index (χ2v) is 4.37. The van der Waals surface area contributed by atoms with E-state index in [1.807, 2.05) is 6.92 Å². The van der Waals surface area contributed by atoms with Crippen molar-refractivity contribution in [3.05, 3.63) is 23.7 Å². The molecule has 94 valence electrons. The molecule has 2 rings (SSSR count). The summed E-state index contributed by atoms with van der Waals surface area (Å²) in [6.07, 6.45) is -0.375. The third kappa shape index (κ3) is 2.68. The van der Waals surface area contributed by atoms with Crippen LogP contribution in [0.15, 0.2) is 16.5 Å². The number of nitrogens with zero attached hydrogens (tertiary/aromatic N) is 1. The lowest BCUT2D eigenvalue weighted by atomic mass is 10.2. The molecule has 1 saturated heterocycles. The Morgan fingerprint density at radius 2 is 2.29 bits per heavy atom. The molecule has 1 aliphatic rings. The molecule has 2 unspecified atom stereocenters. The van der Waals surface area contributed by atoms with E-state index in [1.165, 1.54) is 0 Å². The summed E-state index contributed by atoms with van der Waals surface area (Å²) < 4.78 is 10.8. The lowest BCUT2D eigenvalue weighted by Gasteiger charge is -2.35. The fourth-order valence-corrected chi connectivity index (χ4v) is 2.02. The second kappa shape index (κ2) is 4.89. The molecule has 2 heterocycles. The first-order valence-electron chi connectivity index (χ1n) is 5.72. The van der Waals surface area contributed by atoms with Crippen LogP contribution in [0.2, 0.25) is 0 Å². The number of carbonyl (C=O) groups is 1. The minimum atomic E-state index is -0.307. The highest BCUT2D eigenvalue weighted by Gasteiger charge is 2.29. The van der Waals surface area contributed by atoms with Crippen molar-refractivity contribution >= 4 is 5.91 Å². The first-order valence-corrected chi connectivity index (χ1v) is 5.72. The molecule has 0 aromatic carbocycles. The molecular formula is C12H17NO4. The molecular weight excluding hydrogens is 222 g/mol. The van der Waals surface area contributed by atoms with Gasteiger partial charge in [-0.3, -0.25) is 4.79 Å². The number of aliphatic hydroxyl groups is 1. The molecule has 1 fully saturated rings. The van der Waals surface area contributed by atoms with Gasteiger partial charge < -0.3 is 19.2 Å². The van der Waals surface area contributed by atoms with Gasteiger partial charge in [0.2, 0.25) is 0 Å². The molecule has 0 aliphatic carbocycles. The van der Waals surface area contributed by atoms with E-state index < -0.39 is 0 Å². The lowest BCUT2D eigenvalue weighted by Crippen LogP contribution is -2.50. The number of hydrogen-bond acceptors (Lipinski definition) is 4. The van der Waals surface area contributed by atoms with Crippen molar-refractivity contribution in [3.8, 4) is 0 Å². The lowest BCUT2D eigenvalue weighted by molar-refractivity contribution is -0.0863. The van der Waals surface area contributed by atoms with Crippen molar-refractivity contribution in [3.63, 3.8) is 0 Å². The maximum absolute atomic E-state index is 12.1. The molecule has 0 saturated carbocycles. The SMILES string of the molecule is Cc1ccc(C(=O)N2CC(C)OC(CO)C2)o1. The van der Waals surface area contributed by atoms with E-state index in [-0.39, 0.29) is 24.7 Å². The number of morpholine rings is 1. The van der Waals surface area contributed by atoms with Gasteiger partial charge in [-0.05, 0) is 26.0 Å². The van der Waals surface area contributed by atoms with Crippen molar-refractivity contribution in [1.29, 1.82) is 0 Å². The number of ether oxygens (including phenoxy) is 1. The third-order valence-corrected chi connectivity index (χ3v) is 2.77. The van der Waals surface area contributed by atoms with Crippen LogP contribution in [0.25, 0.3) is 0 Å². The molecule has 1 aromatic heterocycles. The van der Waals surface area contributed by atoms with Gasteiger partial charge in [0.15, 0.2) is 5.76 Å². The molecule has 0 bridgehead atoms. The van der Waals surface area contributed by atoms with Crippen LogP contribution >= 0.6 is 0 Å². The summed E-state index contributed by atoms with van der Waals surface area (Å²) in [5.74, 6) is 0.911. The van der Waals surface area contributed by atoms with Gasteiger partial charge in [-0.2, -0.15) is 0 Å². The molecule has 5 heteroatoms. The fraction of sp³-hybridized carbons (Fsp3) is 0.583. The summed E-state index contributed by atoms with van der Waals surface area (Å²) in [7, 11) is 0. The van der Waals surface area contributed by atoms with Crippen LogP contribution in [0.3, 0.4) is 0 Å². The molecule has 0 spiro atoms. The topological polar surface area (TPSA) is 62.9 Å². The van der Waals surface area contributed by atoms with Crippen molar-refractivity contribution in [2.75, 3.05) is 19.7 Å². The van der Waals surface area contributed by atoms with Crippen LogP contribution in [0.5, 0.6) is 0 Å². The van der Waals surface area contributed by atoms with Crippen molar-refractivity contribution < 1.29 is 19.1 Å². The maximum Gasteiger partial charge on any atom is 0.289 e. The van der Waals surface area contributed by atoms with Crippen molar-refractivity contribution in [1.82, 2.24) is 4.90 Å². The predicted octanol–water partition coefficient (Wildman–Crippen LogP) is 0.810. The standard InChI is InChI=1S/C12H17NO4/c1-8-3-4-11(17-8)12(15)13-5-9(2)16-10(6-13)7-14/h3-4,9-10,14H,5-7H2,1-2H3. The summed E-state index contributed by atoms with van der Waals surface area (Å²) in [6.45, 7) is 4.53. The number of aliphatic hydroxyl groups excluding tert-OH is 1. The molecule has 5 nitrogen and oxygen atoms in total. The number of furan rings is 1. The highest BCUT2D eigenvalue weighted by Crippen LogP contribution is 2.15. The molecule has 2 atom stereocenters. The van der Waals surface area contributed by atoms with Crippen LogP contribution < -0.4 is 0 Å². The van der Waals surface area contributed by atoms with Crippen molar-refractivity contribution in [2.24, 2.45) is 0 Å². The van der Waals surface area contributed by atoms with E-state index >= 15 is 0 Å². The van der Waals surface area contributed by atoms with Gasteiger partial charge in [-0.25, -0.2) is 0 Å². The minimum absolute atomic E-state index is 0.0686. The van der Waals surface area contributed by atoms with Gasteiger partial charge in [0.1, 0.15) is 5.76 Å². The summed E-state index contributed by atoms with van der Waals surface area (Å²) in [6, 6.07) is 3.44. The summed E-state index contributed by atoms with van der Waals surface area (Å²) in [5, 5.41) is 9.10. The Balaban J connectivity index is 2.08. The van der Waals surface area contributed by atoms with Gasteiger partial charge in [0, 0.05) is 13.1 Å². The highest BCUT2D eigenvalue weighted by molar-refractivity contribution is 5.91. The van der Waals surface area contributed by atoms with Crippen LogP contribution in [0.4, 0.5) is 0 Å². The third-order valence-electron chi connectivity index (χ3n) is 2.77. The Kier molecular flexibility index (Phi) is 3.49. The molecule has 1 aliphatic heterocycles.